The number of aliphatic hydroxyl groups excluding tert-OH is 2. The molecule has 1 aliphatic heterocycles. The van der Waals surface area contributed by atoms with Crippen molar-refractivity contribution in [2.45, 2.75) is 18.6 Å². The normalized spacial score (nSPS) is 25.5. The molecule has 0 saturated carbocycles. The lowest BCUT2D eigenvalue weighted by Crippen LogP contribution is -2.48. The summed E-state index contributed by atoms with van der Waals surface area (Å²) < 4.78 is 0. The number of likely N-dealkylation sites (tertiary alicyclic amines) is 1. The smallest absolute Gasteiger partial charge is 0.253 e. The van der Waals surface area contributed by atoms with E-state index in [-0.39, 0.29) is 12.5 Å². The molecule has 2 N–H and O–H groups in total. The van der Waals surface area contributed by atoms with E-state index in [2.05, 4.69) is 0 Å². The zero-order valence-electron chi connectivity index (χ0n) is 8.91. The lowest BCUT2D eigenvalue weighted by molar-refractivity contribution is -0.0321. The molecule has 86 valence electrons. The Kier molecular flexibility index (Phi) is 3.22. The van der Waals surface area contributed by atoms with Gasteiger partial charge in [-0.3, -0.25) is 4.79 Å². The van der Waals surface area contributed by atoms with Crippen LogP contribution in [0.1, 0.15) is 16.8 Å². The fourth-order valence-corrected chi connectivity index (χ4v) is 1.87. The first-order valence-electron chi connectivity index (χ1n) is 5.39. The summed E-state index contributed by atoms with van der Waals surface area (Å²) in [6.07, 6.45) is -1.11. The number of benzene rings is 1. The van der Waals surface area contributed by atoms with E-state index in [1.54, 1.807) is 17.0 Å². The number of nitrogens with zero attached hydrogens (tertiary/aromatic N) is 1. The van der Waals surface area contributed by atoms with Gasteiger partial charge in [0.2, 0.25) is 0 Å². The number of rotatable bonds is 1. The zero-order chi connectivity index (χ0) is 11.5. The van der Waals surface area contributed by atoms with Gasteiger partial charge in [0.05, 0.1) is 12.2 Å². The molecule has 16 heavy (non-hydrogen) atoms. The molecule has 0 spiro atoms. The Morgan fingerprint density at radius 3 is 2.50 bits per heavy atom. The van der Waals surface area contributed by atoms with Crippen LogP contribution in [0.5, 0.6) is 0 Å². The molecule has 1 fully saturated rings. The lowest BCUT2D eigenvalue weighted by atomic mass is 10.0. The molecular weight excluding hydrogens is 206 g/mol. The number of hydrogen-bond donors (Lipinski definition) is 2. The molecule has 4 nitrogen and oxygen atoms in total. The summed E-state index contributed by atoms with van der Waals surface area (Å²) in [4.78, 5) is 13.6. The summed E-state index contributed by atoms with van der Waals surface area (Å²) >= 11 is 0. The van der Waals surface area contributed by atoms with Crippen molar-refractivity contribution < 1.29 is 15.0 Å². The van der Waals surface area contributed by atoms with Crippen LogP contribution in [0, 0.1) is 0 Å². The molecule has 2 atom stereocenters. The van der Waals surface area contributed by atoms with Crippen LogP contribution >= 0.6 is 0 Å². The number of β-amino-alcohol motifs (C(OH)–C–C–N with tert-alkyl or cyclic N) is 1. The molecule has 0 aromatic heterocycles. The van der Waals surface area contributed by atoms with Crippen LogP contribution in [0.15, 0.2) is 30.3 Å². The van der Waals surface area contributed by atoms with Crippen molar-refractivity contribution in [1.82, 2.24) is 4.90 Å². The highest BCUT2D eigenvalue weighted by Gasteiger charge is 2.28. The molecule has 1 aliphatic rings. The summed E-state index contributed by atoms with van der Waals surface area (Å²) in [6.45, 7) is 0.695. The third-order valence-corrected chi connectivity index (χ3v) is 2.85. The van der Waals surface area contributed by atoms with E-state index in [1.165, 1.54) is 0 Å². The van der Waals surface area contributed by atoms with Crippen LogP contribution in [0.25, 0.3) is 0 Å². The van der Waals surface area contributed by atoms with E-state index in [4.69, 9.17) is 0 Å². The molecule has 1 aromatic carbocycles. The largest absolute Gasteiger partial charge is 0.390 e. The van der Waals surface area contributed by atoms with Gasteiger partial charge in [-0.2, -0.15) is 0 Å². The second kappa shape index (κ2) is 4.63. The number of amides is 1. The van der Waals surface area contributed by atoms with Crippen LogP contribution in [-0.4, -0.2) is 46.3 Å². The molecule has 1 heterocycles. The van der Waals surface area contributed by atoms with Crippen molar-refractivity contribution in [2.24, 2.45) is 0 Å². The maximum absolute atomic E-state index is 12.0. The van der Waals surface area contributed by atoms with Gasteiger partial charge >= 0.3 is 0 Å². The lowest BCUT2D eigenvalue weighted by Gasteiger charge is -2.33. The van der Waals surface area contributed by atoms with E-state index in [0.717, 1.165) is 0 Å². The first-order chi connectivity index (χ1) is 7.68. The topological polar surface area (TPSA) is 60.8 Å². The second-order valence-corrected chi connectivity index (χ2v) is 4.04. The Labute approximate surface area is 94.1 Å². The highest BCUT2D eigenvalue weighted by molar-refractivity contribution is 5.94. The van der Waals surface area contributed by atoms with Crippen molar-refractivity contribution in [3.05, 3.63) is 35.9 Å². The monoisotopic (exact) mass is 221 g/mol. The second-order valence-electron chi connectivity index (χ2n) is 4.04. The van der Waals surface area contributed by atoms with Crippen molar-refractivity contribution in [1.29, 1.82) is 0 Å². The molecule has 1 amide bonds. The number of piperidine rings is 1. The molecule has 0 radical (unpaired) electrons. The quantitative estimate of drug-likeness (QED) is 0.715. The van der Waals surface area contributed by atoms with E-state index in [0.29, 0.717) is 18.5 Å². The summed E-state index contributed by atoms with van der Waals surface area (Å²) in [5.74, 6) is -0.0912. The highest BCUT2D eigenvalue weighted by atomic mass is 16.3. The number of hydrogen-bond acceptors (Lipinski definition) is 3. The maximum Gasteiger partial charge on any atom is 0.253 e. The van der Waals surface area contributed by atoms with Crippen LogP contribution in [0.2, 0.25) is 0 Å². The first kappa shape index (κ1) is 11.1. The molecule has 4 heteroatoms. The number of carbonyl (C=O) groups excluding carboxylic acids is 1. The summed E-state index contributed by atoms with van der Waals surface area (Å²) in [7, 11) is 0. The Morgan fingerprint density at radius 1 is 1.19 bits per heavy atom. The van der Waals surface area contributed by atoms with Gasteiger partial charge in [0.1, 0.15) is 0 Å². The Morgan fingerprint density at radius 2 is 1.88 bits per heavy atom. The summed E-state index contributed by atoms with van der Waals surface area (Å²) in [5, 5.41) is 18.9. The molecule has 0 bridgehead atoms. The minimum absolute atomic E-state index is 0.0912. The van der Waals surface area contributed by atoms with Crippen molar-refractivity contribution >= 4 is 5.91 Å². The van der Waals surface area contributed by atoms with Crippen molar-refractivity contribution in [3.8, 4) is 0 Å². The van der Waals surface area contributed by atoms with Gasteiger partial charge in [-0.05, 0) is 18.6 Å². The number of carbonyl (C=O) groups is 1. The van der Waals surface area contributed by atoms with Crippen LogP contribution < -0.4 is 0 Å². The SMILES string of the molecule is O=C(c1ccccc1)N1CCC(O)C(O)C1. The van der Waals surface area contributed by atoms with Crippen LogP contribution in [0.4, 0.5) is 0 Å². The summed E-state index contributed by atoms with van der Waals surface area (Å²) in [6, 6.07) is 8.97. The van der Waals surface area contributed by atoms with E-state index >= 15 is 0 Å². The molecule has 2 rings (SSSR count). The first-order valence-corrected chi connectivity index (χ1v) is 5.39. The Bertz CT molecular complexity index is 366. The van der Waals surface area contributed by atoms with Crippen LogP contribution in [0.3, 0.4) is 0 Å². The van der Waals surface area contributed by atoms with Crippen molar-refractivity contribution in [3.63, 3.8) is 0 Å². The Hall–Kier alpha value is -1.39. The average Bonchev–Trinajstić information content (AvgIpc) is 2.33. The van der Waals surface area contributed by atoms with Gasteiger partial charge in [-0.15, -0.1) is 0 Å². The molecular formula is C12H15NO3. The van der Waals surface area contributed by atoms with Gasteiger partial charge in [-0.25, -0.2) is 0 Å². The molecule has 1 aromatic rings. The minimum Gasteiger partial charge on any atom is -0.390 e. The van der Waals surface area contributed by atoms with Gasteiger partial charge < -0.3 is 15.1 Å². The fraction of sp³-hybridized carbons (Fsp3) is 0.417. The van der Waals surface area contributed by atoms with Gasteiger partial charge in [-0.1, -0.05) is 18.2 Å². The maximum atomic E-state index is 12.0. The predicted molar refractivity (Wildman–Crippen MR) is 59.0 cm³/mol. The molecule has 2 unspecified atom stereocenters. The fourth-order valence-electron chi connectivity index (χ4n) is 1.87. The highest BCUT2D eigenvalue weighted by Crippen LogP contribution is 2.14. The number of aliphatic hydroxyl groups is 2. The van der Waals surface area contributed by atoms with E-state index < -0.39 is 12.2 Å². The van der Waals surface area contributed by atoms with Gasteiger partial charge in [0.15, 0.2) is 0 Å². The standard InChI is InChI=1S/C12H15NO3/c14-10-6-7-13(8-11(10)15)12(16)9-4-2-1-3-5-9/h1-5,10-11,14-15H,6-8H2. The van der Waals surface area contributed by atoms with E-state index in [1.807, 2.05) is 18.2 Å². The van der Waals surface area contributed by atoms with Gasteiger partial charge in [0.25, 0.3) is 5.91 Å². The van der Waals surface area contributed by atoms with Crippen molar-refractivity contribution in [2.75, 3.05) is 13.1 Å². The average molecular weight is 221 g/mol. The zero-order valence-corrected chi connectivity index (χ0v) is 8.91. The molecule has 0 aliphatic carbocycles. The summed E-state index contributed by atoms with van der Waals surface area (Å²) in [5.41, 5.74) is 0.617. The van der Waals surface area contributed by atoms with Gasteiger partial charge in [0, 0.05) is 18.7 Å². The third-order valence-electron chi connectivity index (χ3n) is 2.85. The Balaban J connectivity index is 2.06. The minimum atomic E-state index is -0.832. The third kappa shape index (κ3) is 2.23. The molecule has 1 saturated heterocycles. The van der Waals surface area contributed by atoms with Crippen LogP contribution in [-0.2, 0) is 0 Å². The predicted octanol–water partition coefficient (Wildman–Crippen LogP) is 0.254. The van der Waals surface area contributed by atoms with E-state index in [9.17, 15) is 15.0 Å².